The zero-order chi connectivity index (χ0) is 14.0. The molecule has 0 heterocycles. The molecule has 2 N–H and O–H groups in total. The van der Waals surface area contributed by atoms with Gasteiger partial charge in [0.15, 0.2) is 0 Å². The summed E-state index contributed by atoms with van der Waals surface area (Å²) in [6.07, 6.45) is 5.01. The van der Waals surface area contributed by atoms with Crippen molar-refractivity contribution in [3.63, 3.8) is 0 Å². The van der Waals surface area contributed by atoms with Crippen molar-refractivity contribution in [1.82, 2.24) is 0 Å². The number of rotatable bonds is 3. The highest BCUT2D eigenvalue weighted by Gasteiger charge is 2.33. The Balaban J connectivity index is 2.03. The maximum atomic E-state index is 13.9. The Morgan fingerprint density at radius 3 is 2.53 bits per heavy atom. The molecular formula is C16H23BrFN. The maximum absolute atomic E-state index is 13.9. The molecule has 1 aromatic carbocycles. The molecule has 0 aliphatic heterocycles. The van der Waals surface area contributed by atoms with Crippen molar-refractivity contribution in [3.8, 4) is 0 Å². The van der Waals surface area contributed by atoms with Crippen LogP contribution in [0.5, 0.6) is 0 Å². The highest BCUT2D eigenvalue weighted by molar-refractivity contribution is 9.10. The summed E-state index contributed by atoms with van der Waals surface area (Å²) in [4.78, 5) is 0. The molecule has 1 aromatic rings. The molecule has 1 aliphatic rings. The third kappa shape index (κ3) is 3.79. The fourth-order valence-corrected chi connectivity index (χ4v) is 3.44. The lowest BCUT2D eigenvalue weighted by Gasteiger charge is -2.38. The third-order valence-electron chi connectivity index (χ3n) is 4.53. The molecule has 3 heteroatoms. The van der Waals surface area contributed by atoms with Crippen LogP contribution >= 0.6 is 15.9 Å². The minimum Gasteiger partial charge on any atom is -0.325 e. The summed E-state index contributed by atoms with van der Waals surface area (Å²) in [5.41, 5.74) is 7.00. The first-order valence-corrected chi connectivity index (χ1v) is 7.92. The molecule has 19 heavy (non-hydrogen) atoms. The molecule has 0 amide bonds. The second kappa shape index (κ2) is 5.92. The van der Waals surface area contributed by atoms with Gasteiger partial charge in [0.2, 0.25) is 0 Å². The molecule has 106 valence electrons. The van der Waals surface area contributed by atoms with Gasteiger partial charge in [-0.15, -0.1) is 0 Å². The van der Waals surface area contributed by atoms with Gasteiger partial charge in [-0.2, -0.15) is 0 Å². The van der Waals surface area contributed by atoms with Gasteiger partial charge in [-0.1, -0.05) is 35.8 Å². The molecule has 1 nitrogen and oxygen atoms in total. The van der Waals surface area contributed by atoms with Crippen LogP contribution in [0.3, 0.4) is 0 Å². The van der Waals surface area contributed by atoms with E-state index in [1.807, 2.05) is 12.1 Å². The van der Waals surface area contributed by atoms with Gasteiger partial charge in [0.1, 0.15) is 5.82 Å². The minimum atomic E-state index is -0.222. The number of nitrogens with two attached hydrogens (primary N) is 1. The predicted molar refractivity (Wildman–Crippen MR) is 81.5 cm³/mol. The quantitative estimate of drug-likeness (QED) is 0.857. The SMILES string of the molecule is CC(C)C1CCC(N)(Cc2ccc(Br)cc2F)CC1. The minimum absolute atomic E-state index is 0.148. The lowest BCUT2D eigenvalue weighted by atomic mass is 9.71. The van der Waals surface area contributed by atoms with E-state index < -0.39 is 0 Å². The highest BCUT2D eigenvalue weighted by atomic mass is 79.9. The molecule has 0 bridgehead atoms. The summed E-state index contributed by atoms with van der Waals surface area (Å²) in [7, 11) is 0. The Morgan fingerprint density at radius 1 is 1.37 bits per heavy atom. The molecule has 0 radical (unpaired) electrons. The molecule has 0 aromatic heterocycles. The molecule has 1 fully saturated rings. The predicted octanol–water partition coefficient (Wildman–Crippen LogP) is 4.67. The van der Waals surface area contributed by atoms with Crippen molar-refractivity contribution >= 4 is 15.9 Å². The molecule has 0 unspecified atom stereocenters. The van der Waals surface area contributed by atoms with Gasteiger partial charge in [-0.25, -0.2) is 4.39 Å². The normalized spacial score (nSPS) is 27.8. The van der Waals surface area contributed by atoms with Gasteiger partial charge < -0.3 is 5.73 Å². The molecule has 0 spiro atoms. The summed E-state index contributed by atoms with van der Waals surface area (Å²) in [6, 6.07) is 5.27. The topological polar surface area (TPSA) is 26.0 Å². The number of halogens is 2. The summed E-state index contributed by atoms with van der Waals surface area (Å²) in [5.74, 6) is 1.37. The van der Waals surface area contributed by atoms with E-state index in [9.17, 15) is 4.39 Å². The summed E-state index contributed by atoms with van der Waals surface area (Å²) < 4.78 is 14.7. The summed E-state index contributed by atoms with van der Waals surface area (Å²) >= 11 is 3.29. The smallest absolute Gasteiger partial charge is 0.127 e. The van der Waals surface area contributed by atoms with Gasteiger partial charge in [-0.3, -0.25) is 0 Å². The van der Waals surface area contributed by atoms with Crippen LogP contribution in [0.1, 0.15) is 45.1 Å². The van der Waals surface area contributed by atoms with E-state index in [0.29, 0.717) is 6.42 Å². The maximum Gasteiger partial charge on any atom is 0.127 e. The first kappa shape index (κ1) is 15.0. The van der Waals surface area contributed by atoms with Crippen LogP contribution in [0.15, 0.2) is 22.7 Å². The Bertz CT molecular complexity index is 436. The average molecular weight is 328 g/mol. The standard InChI is InChI=1S/C16H23BrFN/c1-11(2)12-5-7-16(19,8-6-12)10-13-3-4-14(17)9-15(13)18/h3-4,9,11-12H,5-8,10,19H2,1-2H3. The van der Waals surface area contributed by atoms with Gasteiger partial charge in [0, 0.05) is 10.0 Å². The zero-order valence-electron chi connectivity index (χ0n) is 11.8. The van der Waals surface area contributed by atoms with E-state index in [4.69, 9.17) is 5.73 Å². The van der Waals surface area contributed by atoms with Crippen molar-refractivity contribution < 1.29 is 4.39 Å². The Hall–Kier alpha value is -0.410. The Labute approximate surface area is 123 Å². The molecule has 0 saturated heterocycles. The zero-order valence-corrected chi connectivity index (χ0v) is 13.3. The second-order valence-corrected chi connectivity index (χ2v) is 7.27. The fourth-order valence-electron chi connectivity index (χ4n) is 3.10. The molecule has 0 atom stereocenters. The largest absolute Gasteiger partial charge is 0.325 e. The summed E-state index contributed by atoms with van der Waals surface area (Å²) in [5, 5.41) is 0. The first-order valence-electron chi connectivity index (χ1n) is 7.12. The second-order valence-electron chi connectivity index (χ2n) is 6.36. The van der Waals surface area contributed by atoms with Crippen LogP contribution < -0.4 is 5.73 Å². The van der Waals surface area contributed by atoms with Gasteiger partial charge >= 0.3 is 0 Å². The van der Waals surface area contributed by atoms with Gasteiger partial charge in [0.25, 0.3) is 0 Å². The lowest BCUT2D eigenvalue weighted by Crippen LogP contribution is -2.46. The molecule has 1 aliphatic carbocycles. The Morgan fingerprint density at radius 2 is 2.00 bits per heavy atom. The van der Waals surface area contributed by atoms with Crippen LogP contribution in [0, 0.1) is 17.7 Å². The van der Waals surface area contributed by atoms with E-state index >= 15 is 0 Å². The first-order chi connectivity index (χ1) is 8.89. The van der Waals surface area contributed by atoms with Crippen LogP contribution in [-0.4, -0.2) is 5.54 Å². The van der Waals surface area contributed by atoms with Crippen molar-refractivity contribution in [2.45, 2.75) is 51.5 Å². The molecule has 2 rings (SSSR count). The third-order valence-corrected chi connectivity index (χ3v) is 5.02. The van der Waals surface area contributed by atoms with Crippen molar-refractivity contribution in [3.05, 3.63) is 34.1 Å². The summed E-state index contributed by atoms with van der Waals surface area (Å²) in [6.45, 7) is 4.56. The van der Waals surface area contributed by atoms with Crippen LogP contribution in [-0.2, 0) is 6.42 Å². The van der Waals surface area contributed by atoms with Crippen molar-refractivity contribution in [2.24, 2.45) is 17.6 Å². The highest BCUT2D eigenvalue weighted by Crippen LogP contribution is 2.36. The molecular weight excluding hydrogens is 305 g/mol. The Kier molecular flexibility index (Phi) is 4.67. The number of hydrogen-bond acceptors (Lipinski definition) is 1. The van der Waals surface area contributed by atoms with Crippen LogP contribution in [0.4, 0.5) is 4.39 Å². The average Bonchev–Trinajstić information content (AvgIpc) is 2.33. The van der Waals surface area contributed by atoms with Crippen LogP contribution in [0.25, 0.3) is 0 Å². The molecule has 1 saturated carbocycles. The lowest BCUT2D eigenvalue weighted by molar-refractivity contribution is 0.193. The van der Waals surface area contributed by atoms with Crippen LogP contribution in [0.2, 0.25) is 0 Å². The van der Waals surface area contributed by atoms with Gasteiger partial charge in [0.05, 0.1) is 0 Å². The number of benzene rings is 1. The van der Waals surface area contributed by atoms with E-state index in [1.54, 1.807) is 0 Å². The van der Waals surface area contributed by atoms with E-state index in [-0.39, 0.29) is 11.4 Å². The van der Waals surface area contributed by atoms with Crippen molar-refractivity contribution in [2.75, 3.05) is 0 Å². The van der Waals surface area contributed by atoms with Crippen molar-refractivity contribution in [1.29, 1.82) is 0 Å². The van der Waals surface area contributed by atoms with E-state index in [0.717, 1.165) is 34.7 Å². The fraction of sp³-hybridized carbons (Fsp3) is 0.625. The van der Waals surface area contributed by atoms with E-state index in [1.165, 1.54) is 18.9 Å². The van der Waals surface area contributed by atoms with Gasteiger partial charge in [-0.05, 0) is 61.6 Å². The monoisotopic (exact) mass is 327 g/mol. The van der Waals surface area contributed by atoms with E-state index in [2.05, 4.69) is 29.8 Å². The number of hydrogen-bond donors (Lipinski definition) is 1.